The van der Waals surface area contributed by atoms with Gasteiger partial charge in [0.2, 0.25) is 0 Å². The van der Waals surface area contributed by atoms with E-state index in [-0.39, 0.29) is 5.41 Å². The van der Waals surface area contributed by atoms with Crippen molar-refractivity contribution in [3.63, 3.8) is 0 Å². The molecule has 0 spiro atoms. The molecule has 1 nitrogen and oxygen atoms in total. The second-order valence-corrected chi connectivity index (χ2v) is 6.14. The normalized spacial score (nSPS) is 15.1. The van der Waals surface area contributed by atoms with Gasteiger partial charge in [0.25, 0.3) is 0 Å². The minimum absolute atomic E-state index is 0.0179. The Kier molecular flexibility index (Phi) is 2.10. The van der Waals surface area contributed by atoms with E-state index in [1.165, 1.54) is 33.0 Å². The Balaban J connectivity index is 2.20. The molecule has 3 aromatic rings. The number of anilines is 1. The van der Waals surface area contributed by atoms with Gasteiger partial charge in [0.1, 0.15) is 0 Å². The number of hydrogen-bond acceptors (Lipinski definition) is 1. The average molecular weight is 259 g/mol. The highest BCUT2D eigenvalue weighted by atomic mass is 14.5. The van der Waals surface area contributed by atoms with Gasteiger partial charge in [0, 0.05) is 11.1 Å². The first-order valence-corrected chi connectivity index (χ1v) is 7.01. The van der Waals surface area contributed by atoms with E-state index in [2.05, 4.69) is 62.4 Å². The fourth-order valence-corrected chi connectivity index (χ4v) is 3.52. The van der Waals surface area contributed by atoms with Gasteiger partial charge in [-0.15, -0.1) is 0 Å². The SMILES string of the molecule is CC1(C)c2cc(N)ccc2-c2c1ccc1ccccc21. The molecule has 1 aliphatic rings. The number of fused-ring (bicyclic) bond motifs is 5. The first kappa shape index (κ1) is 11.5. The molecule has 1 heteroatoms. The van der Waals surface area contributed by atoms with Gasteiger partial charge in [0.05, 0.1) is 0 Å². The Morgan fingerprint density at radius 2 is 1.65 bits per heavy atom. The molecule has 0 atom stereocenters. The number of hydrogen-bond donors (Lipinski definition) is 1. The molecule has 0 aliphatic heterocycles. The molecule has 20 heavy (non-hydrogen) atoms. The van der Waals surface area contributed by atoms with Crippen LogP contribution in [0.3, 0.4) is 0 Å². The predicted molar refractivity (Wildman–Crippen MR) is 85.9 cm³/mol. The second kappa shape index (κ2) is 3.63. The smallest absolute Gasteiger partial charge is 0.0317 e. The monoisotopic (exact) mass is 259 g/mol. The summed E-state index contributed by atoms with van der Waals surface area (Å²) in [5.74, 6) is 0. The van der Waals surface area contributed by atoms with E-state index < -0.39 is 0 Å². The number of rotatable bonds is 0. The van der Waals surface area contributed by atoms with Crippen LogP contribution >= 0.6 is 0 Å². The maximum atomic E-state index is 6.00. The number of benzene rings is 3. The summed E-state index contributed by atoms with van der Waals surface area (Å²) in [7, 11) is 0. The van der Waals surface area contributed by atoms with Gasteiger partial charge in [-0.3, -0.25) is 0 Å². The van der Waals surface area contributed by atoms with E-state index in [4.69, 9.17) is 5.73 Å². The summed E-state index contributed by atoms with van der Waals surface area (Å²) in [5.41, 5.74) is 12.3. The molecule has 98 valence electrons. The quantitative estimate of drug-likeness (QED) is 0.580. The van der Waals surface area contributed by atoms with Gasteiger partial charge in [-0.05, 0) is 45.2 Å². The van der Waals surface area contributed by atoms with Crippen molar-refractivity contribution >= 4 is 16.5 Å². The van der Waals surface area contributed by atoms with Crippen molar-refractivity contribution in [2.75, 3.05) is 5.73 Å². The fourth-order valence-electron chi connectivity index (χ4n) is 3.52. The highest BCUT2D eigenvalue weighted by molar-refractivity contribution is 6.02. The van der Waals surface area contributed by atoms with Crippen LogP contribution < -0.4 is 5.73 Å². The van der Waals surface area contributed by atoms with Crippen LogP contribution in [-0.2, 0) is 5.41 Å². The van der Waals surface area contributed by atoms with Crippen molar-refractivity contribution in [2.45, 2.75) is 19.3 Å². The van der Waals surface area contributed by atoms with Crippen LogP contribution in [0.5, 0.6) is 0 Å². The molecule has 0 amide bonds. The Labute approximate surface area is 119 Å². The summed E-state index contributed by atoms with van der Waals surface area (Å²) in [5, 5.41) is 2.63. The topological polar surface area (TPSA) is 26.0 Å². The molecule has 0 saturated carbocycles. The van der Waals surface area contributed by atoms with E-state index in [0.29, 0.717) is 0 Å². The Hall–Kier alpha value is -2.28. The zero-order valence-electron chi connectivity index (χ0n) is 11.8. The zero-order chi connectivity index (χ0) is 13.9. The van der Waals surface area contributed by atoms with Crippen LogP contribution in [0.4, 0.5) is 5.69 Å². The first-order chi connectivity index (χ1) is 9.59. The van der Waals surface area contributed by atoms with Crippen molar-refractivity contribution < 1.29 is 0 Å². The molecular formula is C19H17N. The third kappa shape index (κ3) is 1.32. The summed E-state index contributed by atoms with van der Waals surface area (Å²) in [4.78, 5) is 0. The standard InChI is InChI=1S/C19H17N/c1-19(2)16-10-7-12-5-3-4-6-14(12)18(16)15-9-8-13(20)11-17(15)19/h3-11H,20H2,1-2H3. The van der Waals surface area contributed by atoms with Crippen LogP contribution in [0.2, 0.25) is 0 Å². The third-order valence-corrected chi connectivity index (χ3v) is 4.59. The largest absolute Gasteiger partial charge is 0.399 e. The molecule has 0 radical (unpaired) electrons. The summed E-state index contributed by atoms with van der Waals surface area (Å²) in [6, 6.07) is 19.4. The van der Waals surface area contributed by atoms with Gasteiger partial charge >= 0.3 is 0 Å². The molecule has 0 heterocycles. The molecule has 0 unspecified atom stereocenters. The fraction of sp³-hybridized carbons (Fsp3) is 0.158. The van der Waals surface area contributed by atoms with E-state index in [0.717, 1.165) is 5.69 Å². The molecule has 4 rings (SSSR count). The summed E-state index contributed by atoms with van der Waals surface area (Å²) >= 11 is 0. The number of nitrogen functional groups attached to an aromatic ring is 1. The maximum absolute atomic E-state index is 6.00. The lowest BCUT2D eigenvalue weighted by Crippen LogP contribution is -2.15. The molecule has 2 N–H and O–H groups in total. The maximum Gasteiger partial charge on any atom is 0.0317 e. The summed E-state index contributed by atoms with van der Waals surface area (Å²) in [6.45, 7) is 4.57. The van der Waals surface area contributed by atoms with E-state index >= 15 is 0 Å². The molecule has 3 aromatic carbocycles. The van der Waals surface area contributed by atoms with Crippen molar-refractivity contribution in [3.05, 3.63) is 65.7 Å². The van der Waals surface area contributed by atoms with Crippen LogP contribution in [0, 0.1) is 0 Å². The minimum Gasteiger partial charge on any atom is -0.399 e. The summed E-state index contributed by atoms with van der Waals surface area (Å²) in [6.07, 6.45) is 0. The summed E-state index contributed by atoms with van der Waals surface area (Å²) < 4.78 is 0. The molecule has 0 bridgehead atoms. The minimum atomic E-state index is 0.0179. The van der Waals surface area contributed by atoms with Crippen molar-refractivity contribution in [3.8, 4) is 11.1 Å². The van der Waals surface area contributed by atoms with Crippen LogP contribution in [0.1, 0.15) is 25.0 Å². The zero-order valence-corrected chi connectivity index (χ0v) is 11.8. The Morgan fingerprint density at radius 1 is 0.850 bits per heavy atom. The highest BCUT2D eigenvalue weighted by Gasteiger charge is 2.36. The van der Waals surface area contributed by atoms with Crippen LogP contribution in [-0.4, -0.2) is 0 Å². The van der Waals surface area contributed by atoms with Crippen LogP contribution in [0.15, 0.2) is 54.6 Å². The lowest BCUT2D eigenvalue weighted by Gasteiger charge is -2.21. The Morgan fingerprint density at radius 3 is 2.50 bits per heavy atom. The van der Waals surface area contributed by atoms with Crippen LogP contribution in [0.25, 0.3) is 21.9 Å². The van der Waals surface area contributed by atoms with E-state index in [1.54, 1.807) is 0 Å². The third-order valence-electron chi connectivity index (χ3n) is 4.59. The lowest BCUT2D eigenvalue weighted by molar-refractivity contribution is 0.661. The van der Waals surface area contributed by atoms with Gasteiger partial charge in [0.15, 0.2) is 0 Å². The van der Waals surface area contributed by atoms with Gasteiger partial charge in [-0.1, -0.05) is 56.3 Å². The predicted octanol–water partition coefficient (Wildman–Crippen LogP) is 4.73. The molecule has 0 saturated heterocycles. The van der Waals surface area contributed by atoms with E-state index in [9.17, 15) is 0 Å². The van der Waals surface area contributed by atoms with Crippen molar-refractivity contribution in [1.29, 1.82) is 0 Å². The molecule has 1 aliphatic carbocycles. The average Bonchev–Trinajstić information content (AvgIpc) is 2.68. The second-order valence-electron chi connectivity index (χ2n) is 6.14. The number of nitrogens with two attached hydrogens (primary N) is 1. The Bertz CT molecular complexity index is 844. The molecule has 0 fully saturated rings. The van der Waals surface area contributed by atoms with Crippen molar-refractivity contribution in [1.82, 2.24) is 0 Å². The lowest BCUT2D eigenvalue weighted by atomic mass is 9.82. The highest BCUT2D eigenvalue weighted by Crippen LogP contribution is 2.51. The molecule has 0 aromatic heterocycles. The van der Waals surface area contributed by atoms with E-state index in [1.807, 2.05) is 6.07 Å². The van der Waals surface area contributed by atoms with Gasteiger partial charge in [-0.2, -0.15) is 0 Å². The first-order valence-electron chi connectivity index (χ1n) is 7.01. The van der Waals surface area contributed by atoms with Crippen molar-refractivity contribution in [2.24, 2.45) is 0 Å². The van der Waals surface area contributed by atoms with Gasteiger partial charge < -0.3 is 5.73 Å². The molecular weight excluding hydrogens is 242 g/mol. The van der Waals surface area contributed by atoms with Gasteiger partial charge in [-0.25, -0.2) is 0 Å².